The lowest BCUT2D eigenvalue weighted by Gasteiger charge is -2.07. The predicted octanol–water partition coefficient (Wildman–Crippen LogP) is 1.32. The van der Waals surface area contributed by atoms with Crippen molar-refractivity contribution in [2.75, 3.05) is 17.3 Å². The zero-order valence-corrected chi connectivity index (χ0v) is 13.0. The van der Waals surface area contributed by atoms with Crippen LogP contribution in [0, 0.1) is 5.92 Å². The van der Waals surface area contributed by atoms with Gasteiger partial charge in [0.15, 0.2) is 9.84 Å². The summed E-state index contributed by atoms with van der Waals surface area (Å²) in [5, 5.41) is 0. The van der Waals surface area contributed by atoms with Gasteiger partial charge in [-0.15, -0.1) is 0 Å². The first kappa shape index (κ1) is 16.3. The van der Waals surface area contributed by atoms with Crippen LogP contribution in [0.2, 0.25) is 0 Å². The van der Waals surface area contributed by atoms with Gasteiger partial charge in [-0.25, -0.2) is 8.42 Å². The van der Waals surface area contributed by atoms with E-state index in [2.05, 4.69) is 0 Å². The number of hydrogen-bond acceptors (Lipinski definition) is 4. The fourth-order valence-corrected chi connectivity index (χ4v) is 4.93. The number of hydrogen-bond donors (Lipinski definition) is 1. The smallest absolute Gasteiger partial charge is 0.179 e. The Kier molecular flexibility index (Phi) is 6.16. The molecule has 108 valence electrons. The molecule has 2 N–H and O–H groups in total. The highest BCUT2D eigenvalue weighted by molar-refractivity contribution is 7.93. The number of sulfone groups is 1. The van der Waals surface area contributed by atoms with Crippen molar-refractivity contribution in [1.29, 1.82) is 0 Å². The molecule has 0 saturated carbocycles. The lowest BCUT2D eigenvalue weighted by atomic mass is 10.2. The number of rotatable bonds is 7. The van der Waals surface area contributed by atoms with E-state index in [1.165, 1.54) is 0 Å². The van der Waals surface area contributed by atoms with Gasteiger partial charge in [0.1, 0.15) is 0 Å². The molecule has 1 aromatic carbocycles. The first-order chi connectivity index (χ1) is 8.85. The molecule has 0 saturated heterocycles. The molecule has 0 aromatic heterocycles. The third-order valence-corrected chi connectivity index (χ3v) is 6.31. The summed E-state index contributed by atoms with van der Waals surface area (Å²) in [4.78, 5) is 0.270. The normalized spacial score (nSPS) is 13.7. The molecule has 0 spiro atoms. The molecule has 4 nitrogen and oxygen atoms in total. The van der Waals surface area contributed by atoms with Gasteiger partial charge in [0.25, 0.3) is 0 Å². The second-order valence-corrected chi connectivity index (χ2v) is 8.60. The maximum absolute atomic E-state index is 12.1. The minimum atomic E-state index is -3.35. The topological polar surface area (TPSA) is 77.2 Å². The second kappa shape index (κ2) is 7.17. The Morgan fingerprint density at radius 1 is 1.21 bits per heavy atom. The Bertz CT molecular complexity index is 521. The molecule has 0 heterocycles. The monoisotopic (exact) mass is 303 g/mol. The maximum atomic E-state index is 12.1. The van der Waals surface area contributed by atoms with Gasteiger partial charge in [-0.2, -0.15) is 0 Å². The molecular formula is C13H21NO3S2. The average Bonchev–Trinajstić information content (AvgIpc) is 2.36. The largest absolute Gasteiger partial charge is 0.326 e. The zero-order chi connectivity index (χ0) is 14.5. The summed E-state index contributed by atoms with van der Waals surface area (Å²) in [5.74, 6) is 0.974. The van der Waals surface area contributed by atoms with E-state index in [1.807, 2.05) is 13.8 Å². The van der Waals surface area contributed by atoms with Crippen molar-refractivity contribution in [2.24, 2.45) is 11.7 Å². The molecule has 1 atom stereocenters. The first-order valence-corrected chi connectivity index (χ1v) is 9.36. The molecule has 0 aliphatic carbocycles. The number of nitrogens with two attached hydrogens (primary N) is 1. The second-order valence-electron chi connectivity index (χ2n) is 4.87. The Labute approximate surface area is 117 Å². The fraction of sp³-hybridized carbons (Fsp3) is 0.538. The van der Waals surface area contributed by atoms with Crippen molar-refractivity contribution in [3.63, 3.8) is 0 Å². The van der Waals surface area contributed by atoms with Crippen LogP contribution in [0.1, 0.15) is 19.4 Å². The maximum Gasteiger partial charge on any atom is 0.179 e. The van der Waals surface area contributed by atoms with Gasteiger partial charge in [-0.3, -0.25) is 4.21 Å². The Morgan fingerprint density at radius 2 is 1.79 bits per heavy atom. The van der Waals surface area contributed by atoms with E-state index in [9.17, 15) is 12.6 Å². The summed E-state index contributed by atoms with van der Waals surface area (Å²) in [5.41, 5.74) is 6.36. The van der Waals surface area contributed by atoms with Crippen LogP contribution in [-0.4, -0.2) is 29.9 Å². The molecule has 0 fully saturated rings. The standard InChI is InChI=1S/C13H21NO3S2/c1-11(2)10-18(15)7-8-19(16,17)13-5-3-12(9-14)4-6-13/h3-6,11H,7-10,14H2,1-2H3. The van der Waals surface area contributed by atoms with E-state index in [1.54, 1.807) is 24.3 Å². The van der Waals surface area contributed by atoms with Gasteiger partial charge < -0.3 is 5.73 Å². The van der Waals surface area contributed by atoms with E-state index in [0.717, 1.165) is 5.56 Å². The quantitative estimate of drug-likeness (QED) is 0.824. The van der Waals surface area contributed by atoms with Crippen LogP contribution < -0.4 is 5.73 Å². The van der Waals surface area contributed by atoms with Crippen molar-refractivity contribution in [1.82, 2.24) is 0 Å². The van der Waals surface area contributed by atoms with Gasteiger partial charge in [0.2, 0.25) is 0 Å². The highest BCUT2D eigenvalue weighted by Gasteiger charge is 2.16. The van der Waals surface area contributed by atoms with E-state index in [4.69, 9.17) is 5.73 Å². The van der Waals surface area contributed by atoms with Crippen LogP contribution >= 0.6 is 0 Å². The number of benzene rings is 1. The van der Waals surface area contributed by atoms with E-state index in [-0.39, 0.29) is 16.4 Å². The Balaban J connectivity index is 2.67. The molecule has 0 bridgehead atoms. The average molecular weight is 303 g/mol. The molecule has 0 aliphatic heterocycles. The van der Waals surface area contributed by atoms with Crippen molar-refractivity contribution in [2.45, 2.75) is 25.3 Å². The van der Waals surface area contributed by atoms with Gasteiger partial charge in [-0.05, 0) is 23.6 Å². The Hall–Kier alpha value is -0.720. The summed E-state index contributed by atoms with van der Waals surface area (Å²) in [7, 11) is -4.43. The van der Waals surface area contributed by atoms with Crippen LogP contribution in [0.5, 0.6) is 0 Å². The highest BCUT2D eigenvalue weighted by Crippen LogP contribution is 2.13. The van der Waals surface area contributed by atoms with Crippen molar-refractivity contribution in [3.05, 3.63) is 29.8 Å². The highest BCUT2D eigenvalue weighted by atomic mass is 32.2. The van der Waals surface area contributed by atoms with Crippen molar-refractivity contribution >= 4 is 20.6 Å². The van der Waals surface area contributed by atoms with Gasteiger partial charge in [0, 0.05) is 28.9 Å². The van der Waals surface area contributed by atoms with Crippen LogP contribution in [0.15, 0.2) is 29.2 Å². The van der Waals surface area contributed by atoms with E-state index in [0.29, 0.717) is 18.2 Å². The van der Waals surface area contributed by atoms with Crippen LogP contribution in [-0.2, 0) is 27.2 Å². The first-order valence-electron chi connectivity index (χ1n) is 6.22. The summed E-state index contributed by atoms with van der Waals surface area (Å²) >= 11 is 0. The molecule has 19 heavy (non-hydrogen) atoms. The lowest BCUT2D eigenvalue weighted by molar-refractivity contribution is 0.596. The molecule has 1 aromatic rings. The van der Waals surface area contributed by atoms with Gasteiger partial charge >= 0.3 is 0 Å². The molecule has 6 heteroatoms. The fourth-order valence-electron chi connectivity index (χ4n) is 1.61. The summed E-state index contributed by atoms with van der Waals surface area (Å²) in [6.07, 6.45) is 0. The summed E-state index contributed by atoms with van der Waals surface area (Å²) in [6.45, 7) is 4.33. The molecular weight excluding hydrogens is 282 g/mol. The van der Waals surface area contributed by atoms with Crippen molar-refractivity contribution in [3.8, 4) is 0 Å². The van der Waals surface area contributed by atoms with Gasteiger partial charge in [-0.1, -0.05) is 26.0 Å². The molecule has 0 amide bonds. The lowest BCUT2D eigenvalue weighted by Crippen LogP contribution is -2.17. The third-order valence-electron chi connectivity index (χ3n) is 2.62. The minimum Gasteiger partial charge on any atom is -0.326 e. The summed E-state index contributed by atoms with van der Waals surface area (Å²) in [6, 6.07) is 6.53. The van der Waals surface area contributed by atoms with E-state index >= 15 is 0 Å². The van der Waals surface area contributed by atoms with Crippen LogP contribution in [0.4, 0.5) is 0 Å². The third kappa shape index (κ3) is 5.42. The zero-order valence-electron chi connectivity index (χ0n) is 11.3. The summed E-state index contributed by atoms with van der Waals surface area (Å²) < 4.78 is 35.8. The molecule has 1 rings (SSSR count). The van der Waals surface area contributed by atoms with Crippen LogP contribution in [0.25, 0.3) is 0 Å². The Morgan fingerprint density at radius 3 is 2.26 bits per heavy atom. The molecule has 0 aliphatic rings. The molecule has 1 unspecified atom stereocenters. The van der Waals surface area contributed by atoms with Crippen LogP contribution in [0.3, 0.4) is 0 Å². The van der Waals surface area contributed by atoms with E-state index < -0.39 is 20.6 Å². The predicted molar refractivity (Wildman–Crippen MR) is 79.1 cm³/mol. The SMILES string of the molecule is CC(C)CS(=O)CCS(=O)(=O)c1ccc(CN)cc1. The van der Waals surface area contributed by atoms with Crippen molar-refractivity contribution < 1.29 is 12.6 Å². The molecule has 0 radical (unpaired) electrons. The minimum absolute atomic E-state index is 0.0751. The van der Waals surface area contributed by atoms with Gasteiger partial charge in [0.05, 0.1) is 10.6 Å².